The average molecular weight is 233 g/mol. The maximum Gasteiger partial charge on any atom is 0.303 e. The van der Waals surface area contributed by atoms with Crippen molar-refractivity contribution in [2.45, 2.75) is 25.2 Å². The van der Waals surface area contributed by atoms with Crippen LogP contribution in [0, 0.1) is 5.92 Å². The van der Waals surface area contributed by atoms with E-state index in [9.17, 15) is 4.79 Å². The molecule has 92 valence electrons. The molecule has 1 aromatic rings. The first-order chi connectivity index (χ1) is 8.27. The Labute approximate surface area is 102 Å². The van der Waals surface area contributed by atoms with Crippen molar-refractivity contribution in [3.05, 3.63) is 35.9 Å². The summed E-state index contributed by atoms with van der Waals surface area (Å²) in [5.74, 6) is 0.265. The molecule has 0 unspecified atom stereocenters. The van der Waals surface area contributed by atoms with Crippen molar-refractivity contribution >= 4 is 5.97 Å². The fourth-order valence-electron chi connectivity index (χ4n) is 2.67. The number of hydrogen-bond acceptors (Lipinski definition) is 2. The van der Waals surface area contributed by atoms with E-state index >= 15 is 0 Å². The van der Waals surface area contributed by atoms with Crippen LogP contribution >= 0.6 is 0 Å². The third-order valence-corrected chi connectivity index (χ3v) is 3.56. The Hall–Kier alpha value is -1.35. The molecule has 0 radical (unpaired) electrons. The molecule has 0 spiro atoms. The molecule has 1 aromatic carbocycles. The molecule has 0 aromatic heterocycles. The van der Waals surface area contributed by atoms with Gasteiger partial charge in [0.05, 0.1) is 0 Å². The Kier molecular flexibility index (Phi) is 4.15. The van der Waals surface area contributed by atoms with Gasteiger partial charge in [-0.2, -0.15) is 0 Å². The van der Waals surface area contributed by atoms with Crippen LogP contribution in [0.2, 0.25) is 0 Å². The number of carboxylic acid groups (broad SMARTS) is 1. The fraction of sp³-hybridized carbons (Fsp3) is 0.500. The fourth-order valence-corrected chi connectivity index (χ4v) is 2.67. The summed E-state index contributed by atoms with van der Waals surface area (Å²) in [6.45, 7) is 1.97. The molecule has 1 fully saturated rings. The van der Waals surface area contributed by atoms with Crippen LogP contribution in [-0.4, -0.2) is 24.2 Å². The van der Waals surface area contributed by atoms with Gasteiger partial charge in [0, 0.05) is 6.42 Å². The van der Waals surface area contributed by atoms with E-state index in [4.69, 9.17) is 5.11 Å². The molecule has 1 aliphatic rings. The van der Waals surface area contributed by atoms with Crippen LogP contribution in [0.25, 0.3) is 0 Å². The number of hydrogen-bond donors (Lipinski definition) is 2. The molecule has 0 bridgehead atoms. The van der Waals surface area contributed by atoms with Gasteiger partial charge < -0.3 is 10.4 Å². The van der Waals surface area contributed by atoms with Crippen molar-refractivity contribution in [1.82, 2.24) is 5.32 Å². The third kappa shape index (κ3) is 3.30. The lowest BCUT2D eigenvalue weighted by Gasteiger charge is -2.32. The van der Waals surface area contributed by atoms with Crippen LogP contribution < -0.4 is 5.32 Å². The SMILES string of the molecule is O=C(O)CC[C@@H]1CNCC[C@@H]1c1ccccc1. The predicted octanol–water partition coefficient (Wildman–Crippen LogP) is 2.24. The van der Waals surface area contributed by atoms with Gasteiger partial charge in [-0.05, 0) is 43.3 Å². The standard InChI is InChI=1S/C14H19NO2/c16-14(17)7-6-12-10-15-9-8-13(12)11-4-2-1-3-5-11/h1-5,12-13,15H,6-10H2,(H,16,17)/t12-,13-/m1/s1. The summed E-state index contributed by atoms with van der Waals surface area (Å²) in [5, 5.41) is 12.1. The van der Waals surface area contributed by atoms with Crippen molar-refractivity contribution in [3.8, 4) is 0 Å². The number of carbonyl (C=O) groups is 1. The topological polar surface area (TPSA) is 49.3 Å². The highest BCUT2D eigenvalue weighted by atomic mass is 16.4. The molecule has 1 heterocycles. The minimum absolute atomic E-state index is 0.273. The second-order valence-electron chi connectivity index (χ2n) is 4.70. The van der Waals surface area contributed by atoms with Crippen LogP contribution in [0.5, 0.6) is 0 Å². The Balaban J connectivity index is 2.04. The van der Waals surface area contributed by atoms with Gasteiger partial charge in [0.1, 0.15) is 0 Å². The highest BCUT2D eigenvalue weighted by Gasteiger charge is 2.26. The Morgan fingerprint density at radius 2 is 2.12 bits per heavy atom. The summed E-state index contributed by atoms with van der Waals surface area (Å²) in [6.07, 6.45) is 2.14. The van der Waals surface area contributed by atoms with E-state index < -0.39 is 5.97 Å². The van der Waals surface area contributed by atoms with Crippen LogP contribution in [0.1, 0.15) is 30.7 Å². The number of carboxylic acids is 1. The number of aliphatic carboxylic acids is 1. The van der Waals surface area contributed by atoms with E-state index in [1.165, 1.54) is 5.56 Å². The average Bonchev–Trinajstić information content (AvgIpc) is 2.38. The molecule has 17 heavy (non-hydrogen) atoms. The number of rotatable bonds is 4. The van der Waals surface area contributed by atoms with Crippen molar-refractivity contribution in [2.24, 2.45) is 5.92 Å². The summed E-state index contributed by atoms with van der Waals surface area (Å²) < 4.78 is 0. The zero-order valence-electron chi connectivity index (χ0n) is 9.93. The molecular formula is C14H19NO2. The molecule has 3 heteroatoms. The van der Waals surface area contributed by atoms with Gasteiger partial charge in [0.25, 0.3) is 0 Å². The highest BCUT2D eigenvalue weighted by Crippen LogP contribution is 2.32. The van der Waals surface area contributed by atoms with Crippen LogP contribution in [-0.2, 0) is 4.79 Å². The van der Waals surface area contributed by atoms with E-state index in [0.717, 1.165) is 25.9 Å². The van der Waals surface area contributed by atoms with Gasteiger partial charge in [-0.25, -0.2) is 0 Å². The number of nitrogens with one attached hydrogen (secondary N) is 1. The largest absolute Gasteiger partial charge is 0.481 e. The minimum Gasteiger partial charge on any atom is -0.481 e. The molecule has 2 N–H and O–H groups in total. The van der Waals surface area contributed by atoms with E-state index in [1.807, 2.05) is 6.07 Å². The van der Waals surface area contributed by atoms with Gasteiger partial charge in [-0.1, -0.05) is 30.3 Å². The van der Waals surface area contributed by atoms with E-state index in [1.54, 1.807) is 0 Å². The lowest BCUT2D eigenvalue weighted by atomic mass is 9.79. The van der Waals surface area contributed by atoms with Gasteiger partial charge in [0.2, 0.25) is 0 Å². The van der Waals surface area contributed by atoms with E-state index in [2.05, 4.69) is 29.6 Å². The molecule has 2 rings (SSSR count). The Bertz CT molecular complexity index is 364. The monoisotopic (exact) mass is 233 g/mol. The number of benzene rings is 1. The normalized spacial score (nSPS) is 24.5. The first-order valence-corrected chi connectivity index (χ1v) is 6.25. The Morgan fingerprint density at radius 3 is 2.82 bits per heavy atom. The van der Waals surface area contributed by atoms with E-state index in [-0.39, 0.29) is 6.42 Å². The van der Waals surface area contributed by atoms with Gasteiger partial charge in [-0.3, -0.25) is 4.79 Å². The second-order valence-corrected chi connectivity index (χ2v) is 4.70. The van der Waals surface area contributed by atoms with Crippen LogP contribution in [0.15, 0.2) is 30.3 Å². The first-order valence-electron chi connectivity index (χ1n) is 6.25. The van der Waals surface area contributed by atoms with Crippen molar-refractivity contribution in [2.75, 3.05) is 13.1 Å². The van der Waals surface area contributed by atoms with E-state index in [0.29, 0.717) is 11.8 Å². The summed E-state index contributed by atoms with van der Waals surface area (Å²) in [5.41, 5.74) is 1.35. The lowest BCUT2D eigenvalue weighted by molar-refractivity contribution is -0.137. The third-order valence-electron chi connectivity index (χ3n) is 3.56. The van der Waals surface area contributed by atoms with Crippen molar-refractivity contribution < 1.29 is 9.90 Å². The smallest absolute Gasteiger partial charge is 0.303 e. The second kappa shape index (κ2) is 5.82. The molecule has 0 aliphatic carbocycles. The van der Waals surface area contributed by atoms with Crippen molar-refractivity contribution in [1.29, 1.82) is 0 Å². The number of piperidine rings is 1. The summed E-state index contributed by atoms with van der Waals surface area (Å²) in [6, 6.07) is 10.5. The van der Waals surface area contributed by atoms with Crippen LogP contribution in [0.3, 0.4) is 0 Å². The molecule has 2 atom stereocenters. The van der Waals surface area contributed by atoms with Crippen LogP contribution in [0.4, 0.5) is 0 Å². The molecular weight excluding hydrogens is 214 g/mol. The van der Waals surface area contributed by atoms with Gasteiger partial charge in [0.15, 0.2) is 0 Å². The first kappa shape index (κ1) is 12.1. The molecule has 1 aliphatic heterocycles. The van der Waals surface area contributed by atoms with Gasteiger partial charge >= 0.3 is 5.97 Å². The van der Waals surface area contributed by atoms with Crippen molar-refractivity contribution in [3.63, 3.8) is 0 Å². The quantitative estimate of drug-likeness (QED) is 0.838. The molecule has 1 saturated heterocycles. The minimum atomic E-state index is -0.692. The zero-order valence-corrected chi connectivity index (χ0v) is 9.93. The maximum atomic E-state index is 10.7. The Morgan fingerprint density at radius 1 is 1.35 bits per heavy atom. The van der Waals surface area contributed by atoms with Gasteiger partial charge in [-0.15, -0.1) is 0 Å². The molecule has 0 saturated carbocycles. The molecule has 0 amide bonds. The zero-order chi connectivity index (χ0) is 12.1. The summed E-state index contributed by atoms with van der Waals surface area (Å²) in [4.78, 5) is 10.7. The lowest BCUT2D eigenvalue weighted by Crippen LogP contribution is -2.35. The highest BCUT2D eigenvalue weighted by molar-refractivity contribution is 5.66. The predicted molar refractivity (Wildman–Crippen MR) is 67.0 cm³/mol. The molecule has 3 nitrogen and oxygen atoms in total. The summed E-state index contributed by atoms with van der Waals surface area (Å²) in [7, 11) is 0. The maximum absolute atomic E-state index is 10.7. The summed E-state index contributed by atoms with van der Waals surface area (Å²) >= 11 is 0.